The Morgan fingerprint density at radius 2 is 2.25 bits per heavy atom. The Morgan fingerprint density at radius 3 is 3.00 bits per heavy atom. The van der Waals surface area contributed by atoms with E-state index in [0.717, 1.165) is 0 Å². The van der Waals surface area contributed by atoms with Crippen LogP contribution in [-0.4, -0.2) is 14.6 Å². The molecule has 0 radical (unpaired) electrons. The molecule has 5 nitrogen and oxygen atoms in total. The van der Waals surface area contributed by atoms with Crippen LogP contribution in [-0.2, 0) is 0 Å². The molecule has 0 aliphatic rings. The summed E-state index contributed by atoms with van der Waals surface area (Å²) in [5.41, 5.74) is 7.98. The van der Waals surface area contributed by atoms with E-state index in [1.165, 1.54) is 11.5 Å². The zero-order valence-electron chi connectivity index (χ0n) is 7.85. The molecule has 80 valence electrons. The lowest BCUT2D eigenvalue weighted by Gasteiger charge is -1.94. The van der Waals surface area contributed by atoms with Crippen molar-refractivity contribution in [1.29, 1.82) is 0 Å². The first kappa shape index (κ1) is 9.56. The number of fused-ring (bicyclic) bond motifs is 1. The van der Waals surface area contributed by atoms with Gasteiger partial charge < -0.3 is 10.2 Å². The van der Waals surface area contributed by atoms with Crippen molar-refractivity contribution in [3.05, 3.63) is 22.5 Å². The van der Waals surface area contributed by atoms with Crippen molar-refractivity contribution >= 4 is 39.9 Å². The Hall–Kier alpha value is -1.66. The number of benzene rings is 1. The fraction of sp³-hybridized carbons (Fsp3) is 0. The number of nitrogens with two attached hydrogens (primary N) is 1. The van der Waals surface area contributed by atoms with E-state index in [2.05, 4.69) is 14.6 Å². The molecule has 16 heavy (non-hydrogen) atoms. The van der Waals surface area contributed by atoms with Gasteiger partial charge in [0.05, 0.1) is 10.7 Å². The monoisotopic (exact) mass is 252 g/mol. The van der Waals surface area contributed by atoms with Gasteiger partial charge in [-0.3, -0.25) is 0 Å². The molecule has 0 aliphatic heterocycles. The first-order chi connectivity index (χ1) is 7.74. The molecule has 0 aliphatic carbocycles. The molecule has 7 heteroatoms. The first-order valence-corrected chi connectivity index (χ1v) is 5.58. The molecular weight excluding hydrogens is 248 g/mol. The Bertz CT molecular complexity index is 610. The molecule has 2 N–H and O–H groups in total. The maximum Gasteiger partial charge on any atom is 0.249 e. The van der Waals surface area contributed by atoms with Crippen molar-refractivity contribution in [2.75, 3.05) is 5.73 Å². The summed E-state index contributed by atoms with van der Waals surface area (Å²) in [4.78, 5) is 4.25. The number of hydrogen-bond acceptors (Lipinski definition) is 6. The maximum absolute atomic E-state index is 5.89. The molecule has 0 saturated heterocycles. The van der Waals surface area contributed by atoms with Gasteiger partial charge in [0.1, 0.15) is 5.52 Å². The van der Waals surface area contributed by atoms with Gasteiger partial charge in [0, 0.05) is 11.4 Å². The van der Waals surface area contributed by atoms with Crippen LogP contribution in [0.3, 0.4) is 0 Å². The molecule has 0 fully saturated rings. The zero-order valence-corrected chi connectivity index (χ0v) is 9.42. The average Bonchev–Trinajstić information content (AvgIpc) is 2.86. The smallest absolute Gasteiger partial charge is 0.249 e. The van der Waals surface area contributed by atoms with E-state index >= 15 is 0 Å². The molecule has 2 heterocycles. The highest BCUT2D eigenvalue weighted by atomic mass is 35.5. The largest absolute Gasteiger partial charge is 0.435 e. The number of oxazole rings is 1. The summed E-state index contributed by atoms with van der Waals surface area (Å²) in [6.07, 6.45) is 0. The van der Waals surface area contributed by atoms with Gasteiger partial charge in [0.2, 0.25) is 5.89 Å². The maximum atomic E-state index is 5.89. The van der Waals surface area contributed by atoms with E-state index in [9.17, 15) is 0 Å². The highest BCUT2D eigenvalue weighted by molar-refractivity contribution is 7.03. The van der Waals surface area contributed by atoms with E-state index in [4.69, 9.17) is 21.8 Å². The molecule has 3 aromatic rings. The Labute approximate surface area is 99.0 Å². The fourth-order valence-electron chi connectivity index (χ4n) is 1.33. The van der Waals surface area contributed by atoms with Crippen molar-refractivity contribution in [3.63, 3.8) is 0 Å². The molecular formula is C9H5ClN4OS. The highest BCUT2D eigenvalue weighted by Crippen LogP contribution is 2.29. The van der Waals surface area contributed by atoms with Gasteiger partial charge >= 0.3 is 0 Å². The lowest BCUT2D eigenvalue weighted by Crippen LogP contribution is -1.84. The Balaban J connectivity index is 2.23. The summed E-state index contributed by atoms with van der Waals surface area (Å²) in [7, 11) is 0. The van der Waals surface area contributed by atoms with Crippen LogP contribution in [0.4, 0.5) is 5.69 Å². The third-order valence-electron chi connectivity index (χ3n) is 2.09. The van der Waals surface area contributed by atoms with Crippen LogP contribution < -0.4 is 5.73 Å². The standard InChI is InChI=1S/C9H5ClN4OS/c10-4-1-6-8(2-5(4)11)15-9(12-6)7-3-16-14-13-7/h1-3H,11H2. The molecule has 0 bridgehead atoms. The predicted molar refractivity (Wildman–Crippen MR) is 62.3 cm³/mol. The van der Waals surface area contributed by atoms with Crippen LogP contribution in [0.15, 0.2) is 21.9 Å². The van der Waals surface area contributed by atoms with E-state index in [1.54, 1.807) is 17.5 Å². The van der Waals surface area contributed by atoms with Crippen molar-refractivity contribution in [2.45, 2.75) is 0 Å². The number of aromatic nitrogens is 3. The highest BCUT2D eigenvalue weighted by Gasteiger charge is 2.12. The van der Waals surface area contributed by atoms with Gasteiger partial charge in [-0.25, -0.2) is 4.98 Å². The van der Waals surface area contributed by atoms with Gasteiger partial charge in [0.15, 0.2) is 11.3 Å². The minimum atomic E-state index is 0.422. The fourth-order valence-corrected chi connectivity index (χ4v) is 1.92. The summed E-state index contributed by atoms with van der Waals surface area (Å²) < 4.78 is 9.25. The van der Waals surface area contributed by atoms with Crippen LogP contribution in [0, 0.1) is 0 Å². The van der Waals surface area contributed by atoms with E-state index in [0.29, 0.717) is 33.4 Å². The second-order valence-corrected chi connectivity index (χ2v) is 4.17. The van der Waals surface area contributed by atoms with E-state index in [1.807, 2.05) is 0 Å². The Morgan fingerprint density at radius 1 is 1.38 bits per heavy atom. The van der Waals surface area contributed by atoms with Crippen LogP contribution in [0.5, 0.6) is 0 Å². The van der Waals surface area contributed by atoms with Gasteiger partial charge in [-0.1, -0.05) is 16.1 Å². The molecule has 0 amide bonds. The second kappa shape index (κ2) is 3.43. The minimum Gasteiger partial charge on any atom is -0.435 e. The third kappa shape index (κ3) is 1.43. The molecule has 2 aromatic heterocycles. The molecule has 1 aromatic carbocycles. The molecule has 3 rings (SSSR count). The number of nitrogens with zero attached hydrogens (tertiary/aromatic N) is 3. The SMILES string of the molecule is Nc1cc2oc(-c3csnn3)nc2cc1Cl. The van der Waals surface area contributed by atoms with Crippen LogP contribution in [0.25, 0.3) is 22.7 Å². The topological polar surface area (TPSA) is 77.8 Å². The summed E-state index contributed by atoms with van der Waals surface area (Å²) in [6.45, 7) is 0. The number of hydrogen-bond donors (Lipinski definition) is 1. The molecule has 0 saturated carbocycles. The van der Waals surface area contributed by atoms with Crippen LogP contribution in [0.2, 0.25) is 5.02 Å². The number of halogens is 1. The van der Waals surface area contributed by atoms with Gasteiger partial charge in [-0.05, 0) is 17.6 Å². The Kier molecular flexibility index (Phi) is 2.05. The van der Waals surface area contributed by atoms with Crippen LogP contribution >= 0.6 is 23.1 Å². The average molecular weight is 253 g/mol. The molecule has 0 unspecified atom stereocenters. The first-order valence-electron chi connectivity index (χ1n) is 4.37. The molecule has 0 atom stereocenters. The summed E-state index contributed by atoms with van der Waals surface area (Å²) in [5.74, 6) is 0.422. The van der Waals surface area contributed by atoms with Crippen LogP contribution in [0.1, 0.15) is 0 Å². The summed E-state index contributed by atoms with van der Waals surface area (Å²) in [5, 5.41) is 6.10. The summed E-state index contributed by atoms with van der Waals surface area (Å²) in [6, 6.07) is 3.31. The molecule has 0 spiro atoms. The van der Waals surface area contributed by atoms with Gasteiger partial charge in [-0.15, -0.1) is 5.10 Å². The van der Waals surface area contributed by atoms with Crippen molar-refractivity contribution in [1.82, 2.24) is 14.6 Å². The van der Waals surface area contributed by atoms with Crippen molar-refractivity contribution in [2.24, 2.45) is 0 Å². The predicted octanol–water partition coefficient (Wildman–Crippen LogP) is 2.58. The quantitative estimate of drug-likeness (QED) is 0.674. The number of anilines is 1. The number of rotatable bonds is 1. The lowest BCUT2D eigenvalue weighted by molar-refractivity contribution is 0.616. The third-order valence-corrected chi connectivity index (χ3v) is 2.92. The minimum absolute atomic E-state index is 0.422. The van der Waals surface area contributed by atoms with E-state index in [-0.39, 0.29) is 0 Å². The number of nitrogen functional groups attached to an aromatic ring is 1. The zero-order chi connectivity index (χ0) is 11.1. The van der Waals surface area contributed by atoms with Crippen molar-refractivity contribution in [3.8, 4) is 11.6 Å². The van der Waals surface area contributed by atoms with E-state index < -0.39 is 0 Å². The lowest BCUT2D eigenvalue weighted by atomic mass is 10.3. The van der Waals surface area contributed by atoms with Gasteiger partial charge in [-0.2, -0.15) is 0 Å². The summed E-state index contributed by atoms with van der Waals surface area (Å²) >= 11 is 7.13. The normalized spacial score (nSPS) is 11.1. The second-order valence-electron chi connectivity index (χ2n) is 3.15. The van der Waals surface area contributed by atoms with Gasteiger partial charge in [0.25, 0.3) is 0 Å². The van der Waals surface area contributed by atoms with Crippen molar-refractivity contribution < 1.29 is 4.42 Å².